The van der Waals surface area contributed by atoms with Crippen LogP contribution >= 0.6 is 0 Å². The van der Waals surface area contributed by atoms with E-state index in [4.69, 9.17) is 4.74 Å². The molecule has 1 fully saturated rings. The Bertz CT molecular complexity index is 919. The van der Waals surface area contributed by atoms with Crippen molar-refractivity contribution in [3.8, 4) is 0 Å². The van der Waals surface area contributed by atoms with Crippen LogP contribution in [-0.4, -0.2) is 33.9 Å². The molecule has 2 aliphatic rings. The first-order valence-electron chi connectivity index (χ1n) is 10.3. The fourth-order valence-corrected chi connectivity index (χ4v) is 4.34. The molecule has 0 saturated carbocycles. The van der Waals surface area contributed by atoms with Gasteiger partial charge in [0, 0.05) is 43.7 Å². The number of carbonyl (C=O) groups is 1. The third-order valence-electron chi connectivity index (χ3n) is 6.13. The van der Waals surface area contributed by atoms with Gasteiger partial charge in [-0.25, -0.2) is 0 Å². The molecule has 1 N–H and O–H groups in total. The molecule has 6 nitrogen and oxygen atoms in total. The molecule has 4 rings (SSSR count). The van der Waals surface area contributed by atoms with Crippen LogP contribution < -0.4 is 5.32 Å². The maximum Gasteiger partial charge on any atom is 0.416 e. The molecule has 0 bridgehead atoms. The van der Waals surface area contributed by atoms with Crippen molar-refractivity contribution in [2.24, 2.45) is 5.92 Å². The molecular formula is C21H25F3N4O2. The van der Waals surface area contributed by atoms with E-state index in [1.807, 2.05) is 0 Å². The molecule has 2 aromatic rings. The summed E-state index contributed by atoms with van der Waals surface area (Å²) >= 11 is 0. The maximum absolute atomic E-state index is 13.1. The van der Waals surface area contributed by atoms with E-state index in [2.05, 4.69) is 20.1 Å². The number of carbonyl (C=O) groups excluding carboxylic acids is 1. The summed E-state index contributed by atoms with van der Waals surface area (Å²) in [7, 11) is 0. The highest BCUT2D eigenvalue weighted by atomic mass is 19.4. The highest BCUT2D eigenvalue weighted by Crippen LogP contribution is 2.35. The minimum atomic E-state index is -4.45. The van der Waals surface area contributed by atoms with E-state index in [1.54, 1.807) is 0 Å². The fraction of sp³-hybridized carbons (Fsp3) is 0.571. The zero-order chi connectivity index (χ0) is 21.3. The third kappa shape index (κ3) is 4.21. The summed E-state index contributed by atoms with van der Waals surface area (Å²) < 4.78 is 47.0. The summed E-state index contributed by atoms with van der Waals surface area (Å²) in [6, 6.07) is 3.86. The van der Waals surface area contributed by atoms with Crippen LogP contribution in [-0.2, 0) is 28.7 Å². The van der Waals surface area contributed by atoms with Gasteiger partial charge in [0.05, 0.1) is 5.56 Å². The molecule has 0 spiro atoms. The largest absolute Gasteiger partial charge is 0.416 e. The second kappa shape index (κ2) is 8.37. The van der Waals surface area contributed by atoms with E-state index in [1.165, 1.54) is 19.1 Å². The Balaban J connectivity index is 1.45. The average molecular weight is 422 g/mol. The highest BCUT2D eigenvalue weighted by Gasteiger charge is 2.33. The number of nitrogens with one attached hydrogen (secondary N) is 1. The van der Waals surface area contributed by atoms with Gasteiger partial charge < -0.3 is 14.6 Å². The van der Waals surface area contributed by atoms with E-state index in [0.29, 0.717) is 44.9 Å². The molecule has 30 heavy (non-hydrogen) atoms. The lowest BCUT2D eigenvalue weighted by Gasteiger charge is -2.22. The number of anilines is 1. The smallest absolute Gasteiger partial charge is 0.381 e. The molecule has 3 heterocycles. The summed E-state index contributed by atoms with van der Waals surface area (Å²) in [4.78, 5) is 12.8. The summed E-state index contributed by atoms with van der Waals surface area (Å²) in [6.07, 6.45) is -0.805. The number of aryl methyl sites for hydroxylation is 1. The maximum atomic E-state index is 13.1. The number of ether oxygens (including phenoxy) is 1. The van der Waals surface area contributed by atoms with Crippen LogP contribution in [0.2, 0.25) is 0 Å². The molecule has 1 saturated heterocycles. The fourth-order valence-electron chi connectivity index (χ4n) is 4.34. The molecule has 1 amide bonds. The van der Waals surface area contributed by atoms with Gasteiger partial charge in [0.15, 0.2) is 0 Å². The standard InChI is InChI=1S/C21H25F3N4O2/c1-13-16(21(22,23)24)3-2-4-17(13)25-20(29)15-5-6-18-26-27-19(28(18)10-7-15)14-8-11-30-12-9-14/h2-4,14-15H,5-12H2,1H3,(H,25,29)/t15-/m0/s1. The van der Waals surface area contributed by atoms with Gasteiger partial charge in [0.25, 0.3) is 0 Å². The molecule has 9 heteroatoms. The molecule has 0 radical (unpaired) electrons. The molecule has 0 unspecified atom stereocenters. The van der Waals surface area contributed by atoms with Crippen molar-refractivity contribution >= 4 is 11.6 Å². The average Bonchev–Trinajstić information content (AvgIpc) is 3.00. The summed E-state index contributed by atoms with van der Waals surface area (Å²) in [6.45, 7) is 3.45. The van der Waals surface area contributed by atoms with Crippen LogP contribution in [0.5, 0.6) is 0 Å². The number of nitrogens with zero attached hydrogens (tertiary/aromatic N) is 3. The van der Waals surface area contributed by atoms with Crippen LogP contribution in [0.25, 0.3) is 0 Å². The Morgan fingerprint density at radius 2 is 1.93 bits per heavy atom. The molecule has 1 atom stereocenters. The van der Waals surface area contributed by atoms with Crippen LogP contribution in [0.3, 0.4) is 0 Å². The first-order chi connectivity index (χ1) is 14.3. The zero-order valence-corrected chi connectivity index (χ0v) is 16.8. The summed E-state index contributed by atoms with van der Waals surface area (Å²) in [5.41, 5.74) is -0.485. The van der Waals surface area contributed by atoms with Crippen molar-refractivity contribution in [2.75, 3.05) is 18.5 Å². The van der Waals surface area contributed by atoms with Crippen molar-refractivity contribution in [1.82, 2.24) is 14.8 Å². The first-order valence-corrected chi connectivity index (χ1v) is 10.3. The topological polar surface area (TPSA) is 69.0 Å². The molecular weight excluding hydrogens is 397 g/mol. The lowest BCUT2D eigenvalue weighted by Crippen LogP contribution is -2.24. The normalized spacial score (nSPS) is 20.5. The molecule has 1 aromatic carbocycles. The van der Waals surface area contributed by atoms with E-state index in [9.17, 15) is 18.0 Å². The summed E-state index contributed by atoms with van der Waals surface area (Å²) in [5.74, 6) is 1.62. The molecule has 0 aliphatic carbocycles. The minimum absolute atomic E-state index is 0.0332. The number of hydrogen-bond acceptors (Lipinski definition) is 4. The van der Waals surface area contributed by atoms with Gasteiger partial charge in [-0.05, 0) is 50.3 Å². The number of halogens is 3. The number of aromatic nitrogens is 3. The number of amides is 1. The SMILES string of the molecule is Cc1c(NC(=O)[C@H]2CCc3nnc(C4CCOCC4)n3CC2)cccc1C(F)(F)F. The number of rotatable bonds is 3. The van der Waals surface area contributed by atoms with Gasteiger partial charge in [-0.3, -0.25) is 4.79 Å². The Hall–Kier alpha value is -2.42. The second-order valence-corrected chi connectivity index (χ2v) is 8.00. The van der Waals surface area contributed by atoms with Crippen LogP contribution in [0.1, 0.15) is 54.4 Å². The predicted octanol–water partition coefficient (Wildman–Crippen LogP) is 4.09. The highest BCUT2D eigenvalue weighted by molar-refractivity contribution is 5.93. The van der Waals surface area contributed by atoms with Crippen molar-refractivity contribution in [1.29, 1.82) is 0 Å². The van der Waals surface area contributed by atoms with Crippen LogP contribution in [0.15, 0.2) is 18.2 Å². The van der Waals surface area contributed by atoms with Gasteiger partial charge in [0.2, 0.25) is 5.91 Å². The Morgan fingerprint density at radius 1 is 1.17 bits per heavy atom. The number of alkyl halides is 3. The van der Waals surface area contributed by atoms with Crippen molar-refractivity contribution in [3.05, 3.63) is 41.0 Å². The molecule has 162 valence electrons. The zero-order valence-electron chi connectivity index (χ0n) is 16.8. The predicted molar refractivity (Wildman–Crippen MR) is 104 cm³/mol. The minimum Gasteiger partial charge on any atom is -0.381 e. The summed E-state index contributed by atoms with van der Waals surface area (Å²) in [5, 5.41) is 11.4. The van der Waals surface area contributed by atoms with Crippen molar-refractivity contribution < 1.29 is 22.7 Å². The number of hydrogen-bond donors (Lipinski definition) is 1. The van der Waals surface area contributed by atoms with Crippen molar-refractivity contribution in [2.45, 2.75) is 57.7 Å². The first kappa shape index (κ1) is 20.8. The Kier molecular flexibility index (Phi) is 5.81. The lowest BCUT2D eigenvalue weighted by molar-refractivity contribution is -0.138. The van der Waals surface area contributed by atoms with Crippen molar-refractivity contribution in [3.63, 3.8) is 0 Å². The van der Waals surface area contributed by atoms with Gasteiger partial charge in [0.1, 0.15) is 11.6 Å². The van der Waals surface area contributed by atoms with E-state index < -0.39 is 11.7 Å². The Labute approximate surface area is 172 Å². The van der Waals surface area contributed by atoms with Gasteiger partial charge >= 0.3 is 6.18 Å². The van der Waals surface area contributed by atoms with Gasteiger partial charge in [-0.15, -0.1) is 10.2 Å². The lowest BCUT2D eigenvalue weighted by atomic mass is 9.98. The quantitative estimate of drug-likeness (QED) is 0.809. The van der Waals surface area contributed by atoms with Crippen LogP contribution in [0, 0.1) is 12.8 Å². The molecule has 2 aliphatic heterocycles. The van der Waals surface area contributed by atoms with E-state index >= 15 is 0 Å². The molecule has 1 aromatic heterocycles. The number of fused-ring (bicyclic) bond motifs is 1. The third-order valence-corrected chi connectivity index (χ3v) is 6.13. The van der Waals surface area contributed by atoms with Gasteiger partial charge in [-0.2, -0.15) is 13.2 Å². The van der Waals surface area contributed by atoms with Crippen LogP contribution in [0.4, 0.5) is 18.9 Å². The second-order valence-electron chi connectivity index (χ2n) is 8.00. The van der Waals surface area contributed by atoms with E-state index in [0.717, 1.165) is 30.6 Å². The van der Waals surface area contributed by atoms with Gasteiger partial charge in [-0.1, -0.05) is 6.07 Å². The number of benzene rings is 1. The Morgan fingerprint density at radius 3 is 2.67 bits per heavy atom. The monoisotopic (exact) mass is 422 g/mol. The van der Waals surface area contributed by atoms with E-state index in [-0.39, 0.29) is 23.1 Å².